The quantitative estimate of drug-likeness (QED) is 0.733. The van der Waals surface area contributed by atoms with Crippen molar-refractivity contribution >= 4 is 17.5 Å². The third-order valence-corrected chi connectivity index (χ3v) is 2.48. The largest absolute Gasteiger partial charge is 0.508 e. The van der Waals surface area contributed by atoms with E-state index in [1.165, 1.54) is 24.3 Å². The average Bonchev–Trinajstić information content (AvgIpc) is 2.42. The van der Waals surface area contributed by atoms with Crippen LogP contribution in [-0.2, 0) is 0 Å². The zero-order chi connectivity index (χ0) is 14.7. The van der Waals surface area contributed by atoms with E-state index in [4.69, 9.17) is 10.8 Å². The summed E-state index contributed by atoms with van der Waals surface area (Å²) in [5.74, 6) is -2.32. The van der Waals surface area contributed by atoms with Crippen LogP contribution in [0.3, 0.4) is 0 Å². The maximum absolute atomic E-state index is 13.4. The molecule has 1 aromatic carbocycles. The summed E-state index contributed by atoms with van der Waals surface area (Å²) in [7, 11) is 0. The number of amides is 2. The molecule has 4 N–H and O–H groups in total. The van der Waals surface area contributed by atoms with Gasteiger partial charge in [0.2, 0.25) is 5.91 Å². The van der Waals surface area contributed by atoms with Crippen molar-refractivity contribution in [1.29, 1.82) is 0 Å². The number of hydrogen-bond donors (Lipinski definition) is 3. The van der Waals surface area contributed by atoms with E-state index < -0.39 is 17.6 Å². The van der Waals surface area contributed by atoms with Gasteiger partial charge in [0.25, 0.3) is 5.91 Å². The van der Waals surface area contributed by atoms with Gasteiger partial charge < -0.3 is 16.2 Å². The molecule has 0 aliphatic carbocycles. The molecule has 20 heavy (non-hydrogen) atoms. The molecule has 0 unspecified atom stereocenters. The normalized spacial score (nSPS) is 10.1. The Bertz CT molecular complexity index is 671. The lowest BCUT2D eigenvalue weighted by atomic mass is 10.2. The van der Waals surface area contributed by atoms with Crippen LogP contribution >= 0.6 is 0 Å². The zero-order valence-electron chi connectivity index (χ0n) is 10.1. The number of phenols is 1. The van der Waals surface area contributed by atoms with Crippen LogP contribution < -0.4 is 11.1 Å². The highest BCUT2D eigenvalue weighted by molar-refractivity contribution is 6.03. The predicted octanol–water partition coefficient (Wildman–Crippen LogP) is 1.28. The van der Waals surface area contributed by atoms with E-state index in [1.807, 2.05) is 0 Å². The van der Waals surface area contributed by atoms with Gasteiger partial charge in [-0.05, 0) is 24.3 Å². The zero-order valence-corrected chi connectivity index (χ0v) is 10.1. The third-order valence-electron chi connectivity index (χ3n) is 2.48. The van der Waals surface area contributed by atoms with E-state index in [0.29, 0.717) is 0 Å². The van der Waals surface area contributed by atoms with Gasteiger partial charge in [0, 0.05) is 12.3 Å². The van der Waals surface area contributed by atoms with Gasteiger partial charge >= 0.3 is 0 Å². The van der Waals surface area contributed by atoms with Crippen molar-refractivity contribution in [1.82, 2.24) is 4.98 Å². The first-order valence-electron chi connectivity index (χ1n) is 5.53. The number of hydrogen-bond acceptors (Lipinski definition) is 4. The van der Waals surface area contributed by atoms with Gasteiger partial charge in [-0.15, -0.1) is 0 Å². The molecule has 0 spiro atoms. The summed E-state index contributed by atoms with van der Waals surface area (Å²) in [5, 5.41) is 11.4. The number of rotatable bonds is 3. The van der Waals surface area contributed by atoms with Crippen LogP contribution in [0.2, 0.25) is 0 Å². The number of nitrogens with zero attached hydrogens (tertiary/aromatic N) is 1. The minimum absolute atomic E-state index is 0.00229. The van der Waals surface area contributed by atoms with Crippen molar-refractivity contribution in [2.24, 2.45) is 5.73 Å². The fraction of sp³-hybridized carbons (Fsp3) is 0. The van der Waals surface area contributed by atoms with Gasteiger partial charge in [-0.1, -0.05) is 0 Å². The predicted molar refractivity (Wildman–Crippen MR) is 68.8 cm³/mol. The number of halogens is 1. The van der Waals surface area contributed by atoms with Crippen molar-refractivity contribution in [2.75, 3.05) is 5.32 Å². The van der Waals surface area contributed by atoms with Crippen LogP contribution in [0.4, 0.5) is 10.1 Å². The average molecular weight is 275 g/mol. The van der Waals surface area contributed by atoms with Crippen LogP contribution in [-0.4, -0.2) is 21.9 Å². The first-order valence-corrected chi connectivity index (χ1v) is 5.53. The Kier molecular flexibility index (Phi) is 3.60. The molecule has 102 valence electrons. The molecular formula is C13H10FN3O3. The number of aromatic nitrogens is 1. The second-order valence-electron chi connectivity index (χ2n) is 3.91. The Hall–Kier alpha value is -2.96. The summed E-state index contributed by atoms with van der Waals surface area (Å²) in [6.45, 7) is 0. The molecule has 1 aromatic heterocycles. The van der Waals surface area contributed by atoms with Crippen molar-refractivity contribution in [3.05, 3.63) is 53.6 Å². The molecule has 2 rings (SSSR count). The molecule has 0 saturated heterocycles. The number of nitrogens with two attached hydrogens (primary N) is 1. The van der Waals surface area contributed by atoms with Crippen LogP contribution in [0.15, 0.2) is 36.5 Å². The van der Waals surface area contributed by atoms with E-state index in [1.54, 1.807) is 0 Å². The molecule has 0 radical (unpaired) electrons. The molecule has 2 amide bonds. The Morgan fingerprint density at radius 3 is 2.55 bits per heavy atom. The van der Waals surface area contributed by atoms with Crippen LogP contribution in [0.5, 0.6) is 5.75 Å². The molecule has 1 heterocycles. The maximum atomic E-state index is 13.4. The summed E-state index contributed by atoms with van der Waals surface area (Å²) in [6, 6.07) is 5.98. The van der Waals surface area contributed by atoms with Gasteiger partial charge in [0.1, 0.15) is 17.3 Å². The number of aromatic hydroxyl groups is 1. The number of anilines is 1. The molecule has 0 bridgehead atoms. The fourth-order valence-corrected chi connectivity index (χ4v) is 1.47. The highest BCUT2D eigenvalue weighted by atomic mass is 19.1. The molecule has 0 saturated carbocycles. The molecule has 2 aromatic rings. The van der Waals surface area contributed by atoms with Gasteiger partial charge in [-0.3, -0.25) is 14.6 Å². The Morgan fingerprint density at radius 2 is 2.00 bits per heavy atom. The van der Waals surface area contributed by atoms with Crippen LogP contribution in [0, 0.1) is 5.82 Å². The van der Waals surface area contributed by atoms with Gasteiger partial charge in [-0.25, -0.2) is 4.39 Å². The Labute approximate surface area is 113 Å². The van der Waals surface area contributed by atoms with E-state index in [2.05, 4.69) is 10.3 Å². The number of pyridine rings is 1. The lowest BCUT2D eigenvalue weighted by molar-refractivity contribution is 0.0993. The minimum atomic E-state index is -0.771. The highest BCUT2D eigenvalue weighted by Crippen LogP contribution is 2.19. The third kappa shape index (κ3) is 2.89. The summed E-state index contributed by atoms with van der Waals surface area (Å²) >= 11 is 0. The van der Waals surface area contributed by atoms with Crippen LogP contribution in [0.25, 0.3) is 0 Å². The van der Waals surface area contributed by atoms with E-state index in [-0.39, 0.29) is 22.7 Å². The summed E-state index contributed by atoms with van der Waals surface area (Å²) in [6.07, 6.45) is 1.16. The van der Waals surface area contributed by atoms with Gasteiger partial charge in [0.15, 0.2) is 0 Å². The number of carbonyl (C=O) groups is 2. The van der Waals surface area contributed by atoms with E-state index in [9.17, 15) is 14.0 Å². The standard InChI is InChI=1S/C13H10FN3O3/c14-9-5-8(18)2-4-10(9)17-13(20)11-3-1-7(6-16-11)12(15)19/h1-6,18H,(H2,15,19)(H,17,20). The minimum Gasteiger partial charge on any atom is -0.508 e. The number of carbonyl (C=O) groups excluding carboxylic acids is 2. The smallest absolute Gasteiger partial charge is 0.274 e. The highest BCUT2D eigenvalue weighted by Gasteiger charge is 2.11. The second kappa shape index (κ2) is 5.35. The van der Waals surface area contributed by atoms with Crippen molar-refractivity contribution < 1.29 is 19.1 Å². The Balaban J connectivity index is 2.17. The molecule has 0 aliphatic rings. The number of phenolic OH excluding ortho intramolecular Hbond substituents is 1. The van der Waals surface area contributed by atoms with Crippen molar-refractivity contribution in [2.45, 2.75) is 0 Å². The first kappa shape index (κ1) is 13.5. The molecule has 6 nitrogen and oxygen atoms in total. The molecule has 0 atom stereocenters. The monoisotopic (exact) mass is 275 g/mol. The van der Waals surface area contributed by atoms with Gasteiger partial charge in [-0.2, -0.15) is 0 Å². The lowest BCUT2D eigenvalue weighted by Crippen LogP contribution is -2.16. The maximum Gasteiger partial charge on any atom is 0.274 e. The lowest BCUT2D eigenvalue weighted by Gasteiger charge is -2.06. The first-order chi connectivity index (χ1) is 9.47. The molecule has 0 fully saturated rings. The van der Waals surface area contributed by atoms with Crippen molar-refractivity contribution in [3.8, 4) is 5.75 Å². The molecule has 0 aliphatic heterocycles. The summed E-state index contributed by atoms with van der Waals surface area (Å²) in [4.78, 5) is 26.4. The number of benzene rings is 1. The fourth-order valence-electron chi connectivity index (χ4n) is 1.47. The molecular weight excluding hydrogens is 265 g/mol. The topological polar surface area (TPSA) is 105 Å². The van der Waals surface area contributed by atoms with E-state index in [0.717, 1.165) is 12.3 Å². The van der Waals surface area contributed by atoms with Crippen LogP contribution in [0.1, 0.15) is 20.8 Å². The number of primary amides is 1. The summed E-state index contributed by atoms with van der Waals surface area (Å²) < 4.78 is 13.4. The van der Waals surface area contributed by atoms with E-state index >= 15 is 0 Å². The second-order valence-corrected chi connectivity index (χ2v) is 3.91. The van der Waals surface area contributed by atoms with Crippen molar-refractivity contribution in [3.63, 3.8) is 0 Å². The Morgan fingerprint density at radius 1 is 1.25 bits per heavy atom. The summed E-state index contributed by atoms with van der Waals surface area (Å²) in [5.41, 5.74) is 5.12. The SMILES string of the molecule is NC(=O)c1ccc(C(=O)Nc2ccc(O)cc2F)nc1. The molecule has 7 heteroatoms. The van der Waals surface area contributed by atoms with Gasteiger partial charge in [0.05, 0.1) is 11.3 Å². The number of nitrogens with one attached hydrogen (secondary N) is 1.